The largest absolute Gasteiger partial charge is 0.691 e. The third kappa shape index (κ3) is 35.2. The number of fused-ring (bicyclic) bond motifs is 1. The molecule has 506 valence electrons. The van der Waals surface area contributed by atoms with Crippen LogP contribution in [0.15, 0.2) is 284 Å². The highest BCUT2D eigenvalue weighted by molar-refractivity contribution is 7.97. The first-order chi connectivity index (χ1) is 43.0. The fraction of sp³-hybridized carbons (Fsp3) is 0.270. The van der Waals surface area contributed by atoms with E-state index in [1.54, 1.807) is 54.6 Å². The lowest BCUT2D eigenvalue weighted by atomic mass is 10.1. The SMILES string of the molecule is C.C.C.C.CC.CC.CC.CC.CC.CC.O=C(OCc1cccc2ccccc12)C(F)(F)SOO[O-].O=C(OCc1ccccc1)C(F)(F)SOO[O-].c1ccc([S+](c2ccccc2)c2ccccc2)cc1.c1ccc([S+](c2ccccc2)c2ccccc2)cc1. The van der Waals surface area contributed by atoms with E-state index >= 15 is 0 Å². The lowest BCUT2D eigenvalue weighted by Crippen LogP contribution is -2.27. The van der Waals surface area contributed by atoms with Gasteiger partial charge in [-0.05, 0) is 94.7 Å². The smallest absolute Gasteiger partial charge is 0.415 e. The fourth-order valence-corrected chi connectivity index (χ4v) is 11.5. The summed E-state index contributed by atoms with van der Waals surface area (Å²) in [6.07, 6.45) is 0. The molecule has 0 N–H and O–H groups in total. The van der Waals surface area contributed by atoms with Crippen molar-refractivity contribution < 1.29 is 65.9 Å². The lowest BCUT2D eigenvalue weighted by molar-refractivity contribution is -0.777. The zero-order valence-corrected chi connectivity index (χ0v) is 55.2. The zero-order chi connectivity index (χ0) is 65.9. The van der Waals surface area contributed by atoms with Crippen molar-refractivity contribution >= 4 is 68.6 Å². The van der Waals surface area contributed by atoms with E-state index in [0.717, 1.165) is 10.8 Å². The van der Waals surface area contributed by atoms with E-state index in [4.69, 9.17) is 0 Å². The molecule has 0 spiro atoms. The number of halogens is 4. The normalized spacial score (nSPS) is 9.48. The van der Waals surface area contributed by atoms with Crippen molar-refractivity contribution in [3.8, 4) is 0 Å². The van der Waals surface area contributed by atoms with Gasteiger partial charge in [-0.1, -0.05) is 295 Å². The number of rotatable bonds is 18. The minimum Gasteiger partial charge on any atom is -0.691 e. The van der Waals surface area contributed by atoms with Gasteiger partial charge in [-0.25, -0.2) is 9.59 Å². The van der Waals surface area contributed by atoms with E-state index in [1.165, 1.54) is 29.4 Å². The summed E-state index contributed by atoms with van der Waals surface area (Å²) in [6.45, 7) is 23.4. The van der Waals surface area contributed by atoms with E-state index in [1.807, 2.05) is 101 Å². The molecule has 0 heterocycles. The highest BCUT2D eigenvalue weighted by atomic mass is 32.2. The number of esters is 2. The van der Waals surface area contributed by atoms with Crippen LogP contribution < -0.4 is 10.5 Å². The first kappa shape index (κ1) is 93.8. The van der Waals surface area contributed by atoms with Crippen molar-refractivity contribution in [1.29, 1.82) is 0 Å². The van der Waals surface area contributed by atoms with Crippen molar-refractivity contribution in [2.45, 2.75) is 166 Å². The van der Waals surface area contributed by atoms with Gasteiger partial charge in [0.1, 0.15) is 37.3 Å². The number of hydrogen-bond donors (Lipinski definition) is 0. The van der Waals surface area contributed by atoms with Gasteiger partial charge in [0.15, 0.2) is 29.4 Å². The topological polar surface area (TPSA) is 136 Å². The van der Waals surface area contributed by atoms with Gasteiger partial charge in [-0.2, -0.15) is 26.2 Å². The fourth-order valence-electron chi connectivity index (χ4n) is 6.79. The second-order valence-electron chi connectivity index (χ2n) is 15.2. The molecule has 0 unspecified atom stereocenters. The highest BCUT2D eigenvalue weighted by Crippen LogP contribution is 2.34. The number of carbonyl (C=O) groups excluding carboxylic acids is 2. The second kappa shape index (κ2) is 59.1. The molecule has 0 aliphatic heterocycles. The van der Waals surface area contributed by atoms with E-state index < -0.39 is 46.5 Å². The van der Waals surface area contributed by atoms with Crippen LogP contribution in [0.2, 0.25) is 0 Å². The molecule has 92 heavy (non-hydrogen) atoms. The molecule has 0 aliphatic rings. The Balaban J connectivity index is -0.000000342. The Hall–Kier alpha value is -6.94. The van der Waals surface area contributed by atoms with Crippen LogP contribution in [0.25, 0.3) is 10.8 Å². The van der Waals surface area contributed by atoms with E-state index in [-0.39, 0.29) is 64.7 Å². The van der Waals surface area contributed by atoms with Crippen LogP contribution in [-0.4, -0.2) is 22.4 Å². The quantitative estimate of drug-likeness (QED) is 0.0202. The van der Waals surface area contributed by atoms with Gasteiger partial charge < -0.3 is 20.0 Å². The monoisotopic (exact) mass is 1350 g/mol. The molecule has 0 atom stereocenters. The van der Waals surface area contributed by atoms with E-state index in [9.17, 15) is 37.7 Å². The van der Waals surface area contributed by atoms with Gasteiger partial charge in [-0.15, -0.1) is 0 Å². The third-order valence-corrected chi connectivity index (χ3v) is 15.6. The van der Waals surface area contributed by atoms with Crippen LogP contribution in [0, 0.1) is 0 Å². The molecular weight excluding hydrogens is 1250 g/mol. The first-order valence-electron chi connectivity index (χ1n) is 28.7. The van der Waals surface area contributed by atoms with Crippen molar-refractivity contribution in [2.75, 3.05) is 0 Å². The maximum absolute atomic E-state index is 13.2. The van der Waals surface area contributed by atoms with E-state index in [2.05, 4.69) is 210 Å². The zero-order valence-electron chi connectivity index (χ0n) is 51.9. The molecule has 18 heteroatoms. The maximum Gasteiger partial charge on any atom is 0.415 e. The molecule has 0 saturated carbocycles. The standard InChI is InChI=1S/2C18H15S.C13H10F2O5S.C9H8F2O5S.6C2H6.4CH4/c2*1-4-10-16(11-5-1)19(17-12-6-2-7-13-17)18-14-8-3-9-15-18;14-13(15,21-20-19-17)12(16)18-8-10-6-3-5-9-4-1-2-7-11(9)10;10-9(11,17-16-15-13)8(12)14-6-7-4-2-1-3-5-7;6*1-2;;;;/h2*1-15H;1-7,17H,8H2;1-5,13H,6H2;6*1-2H3;4*1H4/q2*+1;;;;;;;;;;;;/p-2. The van der Waals surface area contributed by atoms with Crippen molar-refractivity contribution in [3.63, 3.8) is 0 Å². The van der Waals surface area contributed by atoms with Crippen LogP contribution in [0.3, 0.4) is 0 Å². The molecule has 0 bridgehead atoms. The van der Waals surface area contributed by atoms with Gasteiger partial charge in [0, 0.05) is 0 Å². The summed E-state index contributed by atoms with van der Waals surface area (Å²) in [5, 5.41) is 18.0. The Bertz CT molecular complexity index is 2770. The highest BCUT2D eigenvalue weighted by Gasteiger charge is 2.44. The Kier molecular flexibility index (Phi) is 60.2. The number of hydrogen-bond acceptors (Lipinski definition) is 12. The van der Waals surface area contributed by atoms with Gasteiger partial charge in [0.2, 0.25) is 0 Å². The molecule has 9 aromatic carbocycles. The first-order valence-corrected chi connectivity index (χ1v) is 32.6. The Morgan fingerprint density at radius 1 is 0.348 bits per heavy atom. The lowest BCUT2D eigenvalue weighted by Gasteiger charge is -2.14. The molecule has 0 aromatic heterocycles. The number of ether oxygens (including phenoxy) is 2. The number of alkyl halides is 4. The summed E-state index contributed by atoms with van der Waals surface area (Å²) >= 11 is -1.44. The maximum atomic E-state index is 13.2. The third-order valence-electron chi connectivity index (χ3n) is 10.1. The minimum absolute atomic E-state index is 0. The van der Waals surface area contributed by atoms with Gasteiger partial charge >= 0.3 is 22.4 Å². The molecule has 0 radical (unpaired) electrons. The van der Waals surface area contributed by atoms with Crippen LogP contribution in [0.4, 0.5) is 17.6 Å². The summed E-state index contributed by atoms with van der Waals surface area (Å²) in [5.41, 5.74) is 1.14. The molecule has 10 nitrogen and oxygen atoms in total. The molecule has 0 saturated heterocycles. The summed E-state index contributed by atoms with van der Waals surface area (Å²) in [5.74, 6) is -3.64. The minimum atomic E-state index is -4.03. The van der Waals surface area contributed by atoms with E-state index in [0.29, 0.717) is 11.1 Å². The summed E-state index contributed by atoms with van der Waals surface area (Å²) in [4.78, 5) is 30.3. The van der Waals surface area contributed by atoms with Crippen molar-refractivity contribution in [2.24, 2.45) is 0 Å². The molecule has 0 aliphatic carbocycles. The average molecular weight is 1350 g/mol. The van der Waals surface area contributed by atoms with Crippen molar-refractivity contribution in [3.05, 3.63) is 266 Å². The van der Waals surface area contributed by atoms with Crippen LogP contribution in [0.5, 0.6) is 0 Å². The predicted octanol–water partition coefficient (Wildman–Crippen LogP) is 21.8. The molecule has 9 rings (SSSR count). The molecule has 9 aromatic rings. The summed E-state index contributed by atoms with van der Waals surface area (Å²) in [7, 11) is -0.0293. The Morgan fingerprint density at radius 2 is 0.587 bits per heavy atom. The molecular formula is C74H98F4O10S4. The Morgan fingerprint density at radius 3 is 0.870 bits per heavy atom. The van der Waals surface area contributed by atoms with Crippen LogP contribution >= 0.6 is 24.1 Å². The van der Waals surface area contributed by atoms with Crippen LogP contribution in [-0.2, 0) is 72.8 Å². The Labute approximate surface area is 562 Å². The summed E-state index contributed by atoms with van der Waals surface area (Å²) in [6, 6.07) is 85.1. The van der Waals surface area contributed by atoms with Crippen molar-refractivity contribution in [1.82, 2.24) is 0 Å². The van der Waals surface area contributed by atoms with Gasteiger partial charge in [-0.3, -0.25) is 10.1 Å². The predicted molar refractivity (Wildman–Crippen MR) is 377 cm³/mol. The van der Waals surface area contributed by atoms with Crippen LogP contribution in [0.1, 0.15) is 124 Å². The number of carbonyl (C=O) groups is 2. The number of benzene rings is 9. The second-order valence-corrected chi connectivity index (χ2v) is 20.9. The average Bonchev–Trinajstić information content (AvgIpc) is 0.950. The van der Waals surface area contributed by atoms with Gasteiger partial charge in [0.25, 0.3) is 0 Å². The molecule has 0 amide bonds. The molecule has 0 fully saturated rings. The van der Waals surface area contributed by atoms with Gasteiger partial charge in [0.05, 0.1) is 21.8 Å². The summed E-state index contributed by atoms with van der Waals surface area (Å²) < 4.78 is 67.8.